The average Bonchev–Trinajstić information content (AvgIpc) is 2.22. The fraction of sp³-hybridized carbons (Fsp3) is 0.300. The van der Waals surface area contributed by atoms with Gasteiger partial charge >= 0.3 is 11.2 Å². The molecule has 3 nitrogen and oxygen atoms in total. The number of phenols is 1. The zero-order valence-corrected chi connectivity index (χ0v) is 9.48. The number of methoxy groups -OCH3 is 1. The summed E-state index contributed by atoms with van der Waals surface area (Å²) in [6.45, 7) is 1.58. The summed E-state index contributed by atoms with van der Waals surface area (Å²) >= 11 is 0.0825. The number of alkyl halides is 2. The number of benzene rings is 1. The van der Waals surface area contributed by atoms with Crippen LogP contribution >= 0.6 is 11.8 Å². The van der Waals surface area contributed by atoms with Crippen LogP contribution in [-0.2, 0) is 9.53 Å². The van der Waals surface area contributed by atoms with Gasteiger partial charge in [0.2, 0.25) is 0 Å². The number of esters is 1. The highest BCUT2D eigenvalue weighted by atomic mass is 32.2. The normalized spacial score (nSPS) is 11.2. The molecule has 0 aliphatic heterocycles. The molecule has 0 fully saturated rings. The predicted molar refractivity (Wildman–Crippen MR) is 55.7 cm³/mol. The summed E-state index contributed by atoms with van der Waals surface area (Å²) in [6, 6.07) is 3.98. The van der Waals surface area contributed by atoms with Gasteiger partial charge in [0, 0.05) is 4.90 Å². The van der Waals surface area contributed by atoms with Gasteiger partial charge in [0.15, 0.2) is 0 Å². The van der Waals surface area contributed by atoms with E-state index in [9.17, 15) is 18.7 Å². The molecule has 0 bridgehead atoms. The molecule has 0 spiro atoms. The predicted octanol–water partition coefficient (Wildman–Crippen LogP) is 2.56. The first-order chi connectivity index (χ1) is 7.36. The first-order valence-corrected chi connectivity index (χ1v) is 5.13. The zero-order valence-electron chi connectivity index (χ0n) is 8.66. The molecule has 0 radical (unpaired) electrons. The molecular formula is C10H10F2O3S. The molecule has 88 valence electrons. The number of hydrogen-bond acceptors (Lipinski definition) is 4. The number of carbonyl (C=O) groups is 1. The summed E-state index contributed by atoms with van der Waals surface area (Å²) in [5.41, 5.74) is 0.464. The van der Waals surface area contributed by atoms with Crippen LogP contribution in [0.2, 0.25) is 0 Å². The first-order valence-electron chi connectivity index (χ1n) is 4.31. The number of ether oxygens (including phenoxy) is 1. The molecule has 6 heteroatoms. The second kappa shape index (κ2) is 4.69. The van der Waals surface area contributed by atoms with Crippen molar-refractivity contribution in [3.05, 3.63) is 23.8 Å². The van der Waals surface area contributed by atoms with Crippen molar-refractivity contribution in [1.82, 2.24) is 0 Å². The molecule has 16 heavy (non-hydrogen) atoms. The van der Waals surface area contributed by atoms with Crippen molar-refractivity contribution in [2.24, 2.45) is 0 Å². The van der Waals surface area contributed by atoms with E-state index in [4.69, 9.17) is 0 Å². The van der Waals surface area contributed by atoms with E-state index >= 15 is 0 Å². The largest absolute Gasteiger partial charge is 0.508 e. The van der Waals surface area contributed by atoms with Gasteiger partial charge in [-0.2, -0.15) is 8.78 Å². The lowest BCUT2D eigenvalue weighted by Crippen LogP contribution is -2.25. The summed E-state index contributed by atoms with van der Waals surface area (Å²) in [6.07, 6.45) is 0. The van der Waals surface area contributed by atoms with Crippen LogP contribution in [0.1, 0.15) is 5.56 Å². The Hall–Kier alpha value is -1.30. The summed E-state index contributed by atoms with van der Waals surface area (Å²) in [5.74, 6) is -1.58. The van der Waals surface area contributed by atoms with Crippen molar-refractivity contribution in [1.29, 1.82) is 0 Å². The molecule has 1 aromatic carbocycles. The number of halogens is 2. The number of phenolic OH excluding ortho intramolecular Hbond substituents is 1. The maximum Gasteiger partial charge on any atom is 0.393 e. The Balaban J connectivity index is 2.88. The Morgan fingerprint density at radius 2 is 2.12 bits per heavy atom. The van der Waals surface area contributed by atoms with Crippen LogP contribution < -0.4 is 0 Å². The van der Waals surface area contributed by atoms with E-state index in [1.54, 1.807) is 6.92 Å². The number of aryl methyl sites for hydroxylation is 1. The summed E-state index contributed by atoms with van der Waals surface area (Å²) in [5, 5.41) is 5.58. The minimum atomic E-state index is -3.63. The number of rotatable bonds is 3. The minimum Gasteiger partial charge on any atom is -0.508 e. The lowest BCUT2D eigenvalue weighted by atomic mass is 10.2. The molecule has 1 rings (SSSR count). The first kappa shape index (κ1) is 12.8. The summed E-state index contributed by atoms with van der Waals surface area (Å²) < 4.78 is 30.3. The fourth-order valence-corrected chi connectivity index (χ4v) is 1.83. The van der Waals surface area contributed by atoms with E-state index in [-0.39, 0.29) is 22.4 Å². The Kier molecular flexibility index (Phi) is 3.74. The van der Waals surface area contributed by atoms with Crippen molar-refractivity contribution in [2.45, 2.75) is 17.1 Å². The number of aromatic hydroxyl groups is 1. The maximum absolute atomic E-state index is 13.2. The van der Waals surface area contributed by atoms with Crippen LogP contribution in [0.25, 0.3) is 0 Å². The van der Waals surface area contributed by atoms with Gasteiger partial charge in [-0.1, -0.05) is 0 Å². The maximum atomic E-state index is 13.2. The van der Waals surface area contributed by atoms with Gasteiger partial charge in [-0.15, -0.1) is 0 Å². The van der Waals surface area contributed by atoms with E-state index < -0.39 is 11.2 Å². The molecule has 0 aromatic heterocycles. The SMILES string of the molecule is COC(=O)C(F)(F)Sc1ccc(O)c(C)c1. The van der Waals surface area contributed by atoms with Crippen LogP contribution in [0.5, 0.6) is 5.75 Å². The smallest absolute Gasteiger partial charge is 0.393 e. The molecular weight excluding hydrogens is 238 g/mol. The molecule has 0 heterocycles. The molecule has 0 amide bonds. The monoisotopic (exact) mass is 248 g/mol. The molecule has 1 aromatic rings. The standard InChI is InChI=1S/C10H10F2O3S/c1-6-5-7(3-4-8(6)13)16-10(11,12)9(14)15-2/h3-5,13H,1-2H3. The number of carbonyl (C=O) groups excluding carboxylic acids is 1. The van der Waals surface area contributed by atoms with Gasteiger partial charge in [0.25, 0.3) is 0 Å². The van der Waals surface area contributed by atoms with Crippen LogP contribution in [0, 0.1) is 6.92 Å². The highest BCUT2D eigenvalue weighted by molar-refractivity contribution is 8.01. The van der Waals surface area contributed by atoms with E-state index in [2.05, 4.69) is 4.74 Å². The third-order valence-corrected chi connectivity index (χ3v) is 2.75. The van der Waals surface area contributed by atoms with E-state index in [0.29, 0.717) is 5.56 Å². The molecule has 0 saturated heterocycles. The van der Waals surface area contributed by atoms with Gasteiger partial charge in [-0.25, -0.2) is 4.79 Å². The number of thioether (sulfide) groups is 1. The Labute approximate surface area is 95.4 Å². The molecule has 0 aliphatic carbocycles. The topological polar surface area (TPSA) is 46.5 Å². The zero-order chi connectivity index (χ0) is 12.3. The summed E-state index contributed by atoms with van der Waals surface area (Å²) in [7, 11) is 0.902. The lowest BCUT2D eigenvalue weighted by molar-refractivity contribution is -0.156. The minimum absolute atomic E-state index is 0.0192. The van der Waals surface area contributed by atoms with Crippen LogP contribution in [0.3, 0.4) is 0 Å². The van der Waals surface area contributed by atoms with Crippen molar-refractivity contribution in [2.75, 3.05) is 7.11 Å². The van der Waals surface area contributed by atoms with Crippen LogP contribution in [0.15, 0.2) is 23.1 Å². The third-order valence-electron chi connectivity index (χ3n) is 1.84. The quantitative estimate of drug-likeness (QED) is 0.659. The molecule has 0 aliphatic rings. The average molecular weight is 248 g/mol. The van der Waals surface area contributed by atoms with Gasteiger partial charge in [-0.05, 0) is 42.4 Å². The van der Waals surface area contributed by atoms with Crippen molar-refractivity contribution < 1.29 is 23.4 Å². The van der Waals surface area contributed by atoms with E-state index in [1.165, 1.54) is 18.2 Å². The Bertz CT molecular complexity index is 407. The second-order valence-corrected chi connectivity index (χ2v) is 4.25. The van der Waals surface area contributed by atoms with Crippen molar-refractivity contribution >= 4 is 17.7 Å². The third kappa shape index (κ3) is 2.85. The highest BCUT2D eigenvalue weighted by Crippen LogP contribution is 2.37. The van der Waals surface area contributed by atoms with Gasteiger partial charge in [0.1, 0.15) is 5.75 Å². The fourth-order valence-electron chi connectivity index (χ4n) is 1.000. The van der Waals surface area contributed by atoms with E-state index in [1.807, 2.05) is 0 Å². The van der Waals surface area contributed by atoms with E-state index in [0.717, 1.165) is 7.11 Å². The molecule has 1 N–H and O–H groups in total. The van der Waals surface area contributed by atoms with Gasteiger partial charge in [0.05, 0.1) is 7.11 Å². The summed E-state index contributed by atoms with van der Waals surface area (Å²) in [4.78, 5) is 10.9. The Morgan fingerprint density at radius 1 is 1.50 bits per heavy atom. The number of hydrogen-bond donors (Lipinski definition) is 1. The Morgan fingerprint density at radius 3 is 2.62 bits per heavy atom. The van der Waals surface area contributed by atoms with Crippen LogP contribution in [0.4, 0.5) is 8.78 Å². The molecule has 0 atom stereocenters. The van der Waals surface area contributed by atoms with Crippen LogP contribution in [-0.4, -0.2) is 23.4 Å². The van der Waals surface area contributed by atoms with Crippen molar-refractivity contribution in [3.63, 3.8) is 0 Å². The highest BCUT2D eigenvalue weighted by Gasteiger charge is 2.41. The second-order valence-electron chi connectivity index (χ2n) is 3.06. The molecule has 0 unspecified atom stereocenters. The lowest BCUT2D eigenvalue weighted by Gasteiger charge is -2.13. The van der Waals surface area contributed by atoms with Crippen molar-refractivity contribution in [3.8, 4) is 5.75 Å². The van der Waals surface area contributed by atoms with Gasteiger partial charge in [-0.3, -0.25) is 0 Å². The molecule has 0 saturated carbocycles. The van der Waals surface area contributed by atoms with Gasteiger partial charge < -0.3 is 9.84 Å².